The molecule has 0 unspecified atom stereocenters. The van der Waals surface area contributed by atoms with Gasteiger partial charge in [-0.1, -0.05) is 24.3 Å². The predicted octanol–water partition coefficient (Wildman–Crippen LogP) is 5.09. The van der Waals surface area contributed by atoms with Gasteiger partial charge in [-0.3, -0.25) is 0 Å². The van der Waals surface area contributed by atoms with Gasteiger partial charge >= 0.3 is 0 Å². The smallest absolute Gasteiger partial charge is 0.125 e. The van der Waals surface area contributed by atoms with Crippen LogP contribution >= 0.6 is 0 Å². The molecule has 0 atom stereocenters. The fourth-order valence-electron chi connectivity index (χ4n) is 2.13. The number of para-hydroxylation sites is 1. The first kappa shape index (κ1) is 15.4. The van der Waals surface area contributed by atoms with Crippen LogP contribution < -0.4 is 10.1 Å². The summed E-state index contributed by atoms with van der Waals surface area (Å²) in [7, 11) is 0. The van der Waals surface area contributed by atoms with Crippen LogP contribution in [-0.4, -0.2) is 5.60 Å². The van der Waals surface area contributed by atoms with Crippen LogP contribution in [0.4, 0.5) is 5.69 Å². The Morgan fingerprint density at radius 3 is 2.33 bits per heavy atom. The number of ether oxygens (including phenoxy) is 1. The van der Waals surface area contributed by atoms with Crippen LogP contribution in [0.1, 0.15) is 37.5 Å². The quantitative estimate of drug-likeness (QED) is 0.843. The summed E-state index contributed by atoms with van der Waals surface area (Å²) in [6.45, 7) is 11.2. The first-order chi connectivity index (χ1) is 9.85. The second-order valence-electron chi connectivity index (χ2n) is 6.47. The van der Waals surface area contributed by atoms with Gasteiger partial charge < -0.3 is 10.1 Å². The zero-order valence-electron chi connectivity index (χ0n) is 13.7. The molecule has 2 aromatic carbocycles. The molecule has 0 amide bonds. The highest BCUT2D eigenvalue weighted by molar-refractivity contribution is 5.49. The number of nitrogens with one attached hydrogen (secondary N) is 1. The highest BCUT2D eigenvalue weighted by Crippen LogP contribution is 2.24. The predicted molar refractivity (Wildman–Crippen MR) is 90.1 cm³/mol. The van der Waals surface area contributed by atoms with Crippen LogP contribution in [0.2, 0.25) is 0 Å². The molecule has 1 N–H and O–H groups in total. The lowest BCUT2D eigenvalue weighted by Gasteiger charge is -2.23. The Labute approximate surface area is 128 Å². The molecule has 0 aliphatic heterocycles. The first-order valence-corrected chi connectivity index (χ1v) is 7.43. The molecule has 0 saturated carbocycles. The van der Waals surface area contributed by atoms with Crippen molar-refractivity contribution in [1.82, 2.24) is 0 Å². The fourth-order valence-corrected chi connectivity index (χ4v) is 2.13. The number of benzene rings is 2. The van der Waals surface area contributed by atoms with E-state index in [-0.39, 0.29) is 5.60 Å². The number of hydrogen-bond donors (Lipinski definition) is 1. The van der Waals surface area contributed by atoms with Gasteiger partial charge in [0.2, 0.25) is 0 Å². The van der Waals surface area contributed by atoms with Gasteiger partial charge in [-0.2, -0.15) is 0 Å². The largest absolute Gasteiger partial charge is 0.488 e. The van der Waals surface area contributed by atoms with Crippen LogP contribution in [0, 0.1) is 13.8 Å². The average Bonchev–Trinajstić information content (AvgIpc) is 2.40. The van der Waals surface area contributed by atoms with Gasteiger partial charge in [-0.25, -0.2) is 0 Å². The molecule has 2 heteroatoms. The SMILES string of the molecule is Cc1ccc(NCc2ccccc2OC(C)(C)C)cc1C. The van der Waals surface area contributed by atoms with E-state index in [0.29, 0.717) is 0 Å². The van der Waals surface area contributed by atoms with Crippen molar-refractivity contribution < 1.29 is 4.74 Å². The van der Waals surface area contributed by atoms with Crippen molar-refractivity contribution in [3.05, 3.63) is 59.2 Å². The minimum Gasteiger partial charge on any atom is -0.488 e. The lowest BCUT2D eigenvalue weighted by atomic mass is 10.1. The van der Waals surface area contributed by atoms with Crippen molar-refractivity contribution in [3.63, 3.8) is 0 Å². The minimum atomic E-state index is -0.184. The van der Waals surface area contributed by atoms with Gasteiger partial charge in [0.15, 0.2) is 0 Å². The van der Waals surface area contributed by atoms with Crippen molar-refractivity contribution in [1.29, 1.82) is 0 Å². The van der Waals surface area contributed by atoms with Crippen LogP contribution in [-0.2, 0) is 6.54 Å². The first-order valence-electron chi connectivity index (χ1n) is 7.43. The maximum atomic E-state index is 6.02. The molecule has 0 bridgehead atoms. The molecule has 0 saturated heterocycles. The second-order valence-corrected chi connectivity index (χ2v) is 6.47. The Morgan fingerprint density at radius 2 is 1.67 bits per heavy atom. The third-order valence-corrected chi connectivity index (χ3v) is 3.38. The molecule has 0 aliphatic rings. The zero-order valence-corrected chi connectivity index (χ0v) is 13.7. The summed E-state index contributed by atoms with van der Waals surface area (Å²) in [5.41, 5.74) is 4.75. The van der Waals surface area contributed by atoms with Crippen LogP contribution in [0.3, 0.4) is 0 Å². The Hall–Kier alpha value is -1.96. The van der Waals surface area contributed by atoms with E-state index in [4.69, 9.17) is 4.74 Å². The van der Waals surface area contributed by atoms with Crippen LogP contribution in [0.15, 0.2) is 42.5 Å². The topological polar surface area (TPSA) is 21.3 Å². The Morgan fingerprint density at radius 1 is 0.952 bits per heavy atom. The molecule has 0 radical (unpaired) electrons. The third-order valence-electron chi connectivity index (χ3n) is 3.38. The summed E-state index contributed by atoms with van der Waals surface area (Å²) in [5, 5.41) is 3.48. The molecule has 0 heterocycles. The van der Waals surface area contributed by atoms with Gasteiger partial charge in [0, 0.05) is 17.8 Å². The van der Waals surface area contributed by atoms with Crippen molar-refractivity contribution >= 4 is 5.69 Å². The molecule has 2 rings (SSSR count). The highest BCUT2D eigenvalue weighted by atomic mass is 16.5. The normalized spacial score (nSPS) is 11.3. The van der Waals surface area contributed by atoms with Gasteiger partial charge in [-0.15, -0.1) is 0 Å². The zero-order chi connectivity index (χ0) is 15.5. The average molecular weight is 283 g/mol. The van der Waals surface area contributed by atoms with E-state index in [0.717, 1.165) is 18.0 Å². The van der Waals surface area contributed by atoms with Gasteiger partial charge in [0.1, 0.15) is 11.4 Å². The molecular formula is C19H25NO. The summed E-state index contributed by atoms with van der Waals surface area (Å²) in [6, 6.07) is 14.7. The van der Waals surface area contributed by atoms with Crippen molar-refractivity contribution in [2.24, 2.45) is 0 Å². The molecule has 0 aliphatic carbocycles. The van der Waals surface area contributed by atoms with Gasteiger partial charge in [0.25, 0.3) is 0 Å². The van der Waals surface area contributed by atoms with Crippen LogP contribution in [0.25, 0.3) is 0 Å². The molecule has 2 nitrogen and oxygen atoms in total. The van der Waals surface area contributed by atoms with Crippen molar-refractivity contribution in [2.75, 3.05) is 5.32 Å². The lowest BCUT2D eigenvalue weighted by molar-refractivity contribution is 0.129. The van der Waals surface area contributed by atoms with E-state index in [1.807, 2.05) is 18.2 Å². The number of anilines is 1. The Bertz CT molecular complexity index is 611. The number of aryl methyl sites for hydroxylation is 2. The second kappa shape index (κ2) is 6.21. The molecular weight excluding hydrogens is 258 g/mol. The third kappa shape index (κ3) is 4.52. The lowest BCUT2D eigenvalue weighted by Crippen LogP contribution is -2.23. The maximum Gasteiger partial charge on any atom is 0.125 e. The molecule has 0 aromatic heterocycles. The molecule has 112 valence electrons. The van der Waals surface area contributed by atoms with Gasteiger partial charge in [0.05, 0.1) is 0 Å². The number of hydrogen-bond acceptors (Lipinski definition) is 2. The highest BCUT2D eigenvalue weighted by Gasteiger charge is 2.14. The summed E-state index contributed by atoms with van der Waals surface area (Å²) in [6.07, 6.45) is 0. The molecule has 0 fully saturated rings. The summed E-state index contributed by atoms with van der Waals surface area (Å²) in [4.78, 5) is 0. The van der Waals surface area contributed by atoms with E-state index in [9.17, 15) is 0 Å². The molecule has 21 heavy (non-hydrogen) atoms. The van der Waals surface area contributed by atoms with Gasteiger partial charge in [-0.05, 0) is 63.9 Å². The minimum absolute atomic E-state index is 0.184. The van der Waals surface area contributed by atoms with E-state index in [1.54, 1.807) is 0 Å². The van der Waals surface area contributed by atoms with Crippen molar-refractivity contribution in [2.45, 2.75) is 46.8 Å². The Balaban J connectivity index is 2.11. The van der Waals surface area contributed by atoms with E-state index < -0.39 is 0 Å². The van der Waals surface area contributed by atoms with Crippen LogP contribution in [0.5, 0.6) is 5.75 Å². The Kier molecular flexibility index (Phi) is 4.56. The monoisotopic (exact) mass is 283 g/mol. The molecule has 0 spiro atoms. The van der Waals surface area contributed by atoms with E-state index >= 15 is 0 Å². The van der Waals surface area contributed by atoms with E-state index in [2.05, 4.69) is 64.2 Å². The fraction of sp³-hybridized carbons (Fsp3) is 0.368. The summed E-state index contributed by atoms with van der Waals surface area (Å²) in [5.74, 6) is 0.946. The number of rotatable bonds is 4. The maximum absolute atomic E-state index is 6.02. The standard InChI is InChI=1S/C19H25NO/c1-14-10-11-17(12-15(14)2)20-13-16-8-6-7-9-18(16)21-19(3,4)5/h6-12,20H,13H2,1-5H3. The van der Waals surface area contributed by atoms with E-state index in [1.165, 1.54) is 16.7 Å². The molecule has 2 aromatic rings. The summed E-state index contributed by atoms with van der Waals surface area (Å²) >= 11 is 0. The van der Waals surface area contributed by atoms with Crippen molar-refractivity contribution in [3.8, 4) is 5.75 Å². The summed E-state index contributed by atoms with van der Waals surface area (Å²) < 4.78 is 6.02.